The van der Waals surface area contributed by atoms with Gasteiger partial charge >= 0.3 is 0 Å². The van der Waals surface area contributed by atoms with Crippen LogP contribution in [0.1, 0.15) is 18.9 Å². The third kappa shape index (κ3) is 5.94. The van der Waals surface area contributed by atoms with Gasteiger partial charge in [0.2, 0.25) is 0 Å². The lowest BCUT2D eigenvalue weighted by molar-refractivity contribution is 0.258. The summed E-state index contributed by atoms with van der Waals surface area (Å²) in [7, 11) is 5.77. The second-order valence-electron chi connectivity index (χ2n) is 4.80. The molecule has 0 aromatic heterocycles. The van der Waals surface area contributed by atoms with Crippen molar-refractivity contribution < 1.29 is 9.47 Å². The van der Waals surface area contributed by atoms with E-state index in [4.69, 9.17) is 9.47 Å². The van der Waals surface area contributed by atoms with E-state index in [1.165, 1.54) is 0 Å². The molecule has 4 heteroatoms. The van der Waals surface area contributed by atoms with Crippen molar-refractivity contribution in [1.82, 2.24) is 10.2 Å². The Morgan fingerprint density at radius 3 is 2.68 bits per heavy atom. The Balaban J connectivity index is 2.65. The standard InChI is InChI=1S/C15H26N2O2/c1-5-8-16-12-13-11-14(18-4)6-7-15(13)19-10-9-17(2)3/h6-7,11,16H,5,8-10,12H2,1-4H3. The Bertz CT molecular complexity index is 367. The monoisotopic (exact) mass is 266 g/mol. The lowest BCUT2D eigenvalue weighted by Gasteiger charge is -2.15. The fourth-order valence-electron chi connectivity index (χ4n) is 1.70. The molecule has 0 saturated heterocycles. The minimum absolute atomic E-state index is 0.695. The van der Waals surface area contributed by atoms with E-state index in [0.717, 1.165) is 43.1 Å². The van der Waals surface area contributed by atoms with Gasteiger partial charge in [-0.3, -0.25) is 0 Å². The van der Waals surface area contributed by atoms with Crippen LogP contribution in [0.4, 0.5) is 0 Å². The van der Waals surface area contributed by atoms with E-state index >= 15 is 0 Å². The van der Waals surface area contributed by atoms with Crippen LogP contribution in [-0.2, 0) is 6.54 Å². The van der Waals surface area contributed by atoms with Gasteiger partial charge in [0, 0.05) is 18.7 Å². The number of ether oxygens (including phenoxy) is 2. The maximum atomic E-state index is 5.84. The minimum Gasteiger partial charge on any atom is -0.497 e. The van der Waals surface area contributed by atoms with Gasteiger partial charge in [0.1, 0.15) is 18.1 Å². The molecule has 0 atom stereocenters. The molecule has 108 valence electrons. The predicted molar refractivity (Wildman–Crippen MR) is 79.0 cm³/mol. The van der Waals surface area contributed by atoms with Crippen LogP contribution in [0, 0.1) is 0 Å². The number of hydrogen-bond acceptors (Lipinski definition) is 4. The number of likely N-dealkylation sites (N-methyl/N-ethyl adjacent to an activating group) is 1. The van der Waals surface area contributed by atoms with Crippen LogP contribution >= 0.6 is 0 Å². The van der Waals surface area contributed by atoms with Crippen molar-refractivity contribution in [3.8, 4) is 11.5 Å². The van der Waals surface area contributed by atoms with Crippen LogP contribution < -0.4 is 14.8 Å². The Hall–Kier alpha value is -1.26. The Morgan fingerprint density at radius 1 is 1.26 bits per heavy atom. The minimum atomic E-state index is 0.695. The van der Waals surface area contributed by atoms with Crippen LogP contribution in [0.5, 0.6) is 11.5 Å². The molecule has 1 aromatic rings. The first kappa shape index (κ1) is 15.8. The van der Waals surface area contributed by atoms with Crippen molar-refractivity contribution in [2.75, 3.05) is 40.9 Å². The zero-order chi connectivity index (χ0) is 14.1. The van der Waals surface area contributed by atoms with Gasteiger partial charge in [-0.05, 0) is 45.3 Å². The fourth-order valence-corrected chi connectivity index (χ4v) is 1.70. The maximum Gasteiger partial charge on any atom is 0.124 e. The molecule has 0 amide bonds. The predicted octanol–water partition coefficient (Wildman–Crippen LogP) is 2.14. The van der Waals surface area contributed by atoms with Crippen LogP contribution in [0.25, 0.3) is 0 Å². The van der Waals surface area contributed by atoms with Crippen molar-refractivity contribution in [3.63, 3.8) is 0 Å². The zero-order valence-corrected chi connectivity index (χ0v) is 12.5. The Morgan fingerprint density at radius 2 is 2.05 bits per heavy atom. The van der Waals surface area contributed by atoms with Gasteiger partial charge < -0.3 is 19.7 Å². The van der Waals surface area contributed by atoms with E-state index in [2.05, 4.69) is 17.1 Å². The number of benzene rings is 1. The van der Waals surface area contributed by atoms with Gasteiger partial charge in [-0.1, -0.05) is 6.92 Å². The van der Waals surface area contributed by atoms with Crippen LogP contribution in [0.15, 0.2) is 18.2 Å². The number of methoxy groups -OCH3 is 1. The third-order valence-corrected chi connectivity index (χ3v) is 2.81. The second-order valence-corrected chi connectivity index (χ2v) is 4.80. The number of nitrogens with one attached hydrogen (secondary N) is 1. The lowest BCUT2D eigenvalue weighted by atomic mass is 10.2. The topological polar surface area (TPSA) is 33.7 Å². The van der Waals surface area contributed by atoms with Crippen LogP contribution in [0.3, 0.4) is 0 Å². The summed E-state index contributed by atoms with van der Waals surface area (Å²) in [6, 6.07) is 5.96. The first-order chi connectivity index (χ1) is 9.17. The molecule has 0 aliphatic rings. The summed E-state index contributed by atoms with van der Waals surface area (Å²) >= 11 is 0. The molecule has 1 N–H and O–H groups in total. The summed E-state index contributed by atoms with van der Waals surface area (Å²) in [5, 5.41) is 3.40. The summed E-state index contributed by atoms with van der Waals surface area (Å²) < 4.78 is 11.1. The second kappa shape index (κ2) is 8.77. The van der Waals surface area contributed by atoms with E-state index in [0.29, 0.717) is 6.61 Å². The normalized spacial score (nSPS) is 10.8. The molecule has 0 bridgehead atoms. The molecule has 0 fully saturated rings. The van der Waals surface area contributed by atoms with E-state index in [-0.39, 0.29) is 0 Å². The van der Waals surface area contributed by atoms with Crippen molar-refractivity contribution in [3.05, 3.63) is 23.8 Å². The molecule has 0 heterocycles. The quantitative estimate of drug-likeness (QED) is 0.694. The van der Waals surface area contributed by atoms with E-state index < -0.39 is 0 Å². The number of rotatable bonds is 9. The third-order valence-electron chi connectivity index (χ3n) is 2.81. The summed E-state index contributed by atoms with van der Waals surface area (Å²) in [5.41, 5.74) is 1.14. The van der Waals surface area contributed by atoms with Crippen molar-refractivity contribution in [2.45, 2.75) is 19.9 Å². The van der Waals surface area contributed by atoms with Crippen LogP contribution in [-0.4, -0.2) is 45.8 Å². The van der Waals surface area contributed by atoms with E-state index in [9.17, 15) is 0 Å². The molecule has 1 rings (SSSR count). The zero-order valence-electron chi connectivity index (χ0n) is 12.5. The molecule has 0 aliphatic heterocycles. The van der Waals surface area contributed by atoms with Crippen LogP contribution in [0.2, 0.25) is 0 Å². The molecular weight excluding hydrogens is 240 g/mol. The van der Waals surface area contributed by atoms with Gasteiger partial charge in [-0.15, -0.1) is 0 Å². The first-order valence-corrected chi connectivity index (χ1v) is 6.82. The van der Waals surface area contributed by atoms with E-state index in [1.807, 2.05) is 32.3 Å². The Kier molecular flexibility index (Phi) is 7.30. The molecule has 0 spiro atoms. The van der Waals surface area contributed by atoms with Crippen molar-refractivity contribution in [2.24, 2.45) is 0 Å². The molecule has 0 unspecified atom stereocenters. The van der Waals surface area contributed by atoms with Crippen molar-refractivity contribution in [1.29, 1.82) is 0 Å². The van der Waals surface area contributed by atoms with Gasteiger partial charge in [-0.25, -0.2) is 0 Å². The van der Waals surface area contributed by atoms with E-state index in [1.54, 1.807) is 7.11 Å². The summed E-state index contributed by atoms with van der Waals surface area (Å²) in [6.45, 7) is 5.58. The molecule has 1 aromatic carbocycles. The number of nitrogens with zero attached hydrogens (tertiary/aromatic N) is 1. The molecule has 0 aliphatic carbocycles. The van der Waals surface area contributed by atoms with Gasteiger partial charge in [-0.2, -0.15) is 0 Å². The highest BCUT2D eigenvalue weighted by Crippen LogP contribution is 2.24. The highest BCUT2D eigenvalue weighted by molar-refractivity contribution is 5.40. The smallest absolute Gasteiger partial charge is 0.124 e. The highest BCUT2D eigenvalue weighted by Gasteiger charge is 2.06. The molecule has 0 radical (unpaired) electrons. The SMILES string of the molecule is CCCNCc1cc(OC)ccc1OCCN(C)C. The lowest BCUT2D eigenvalue weighted by Crippen LogP contribution is -2.20. The summed E-state index contributed by atoms with van der Waals surface area (Å²) in [5.74, 6) is 1.81. The number of hydrogen-bond donors (Lipinski definition) is 1. The van der Waals surface area contributed by atoms with Gasteiger partial charge in [0.05, 0.1) is 7.11 Å². The average Bonchev–Trinajstić information content (AvgIpc) is 2.40. The Labute approximate surface area is 116 Å². The molecular formula is C15H26N2O2. The van der Waals surface area contributed by atoms with Crippen molar-refractivity contribution >= 4 is 0 Å². The molecule has 0 saturated carbocycles. The largest absolute Gasteiger partial charge is 0.497 e. The van der Waals surface area contributed by atoms with Gasteiger partial charge in [0.25, 0.3) is 0 Å². The summed E-state index contributed by atoms with van der Waals surface area (Å²) in [6.07, 6.45) is 1.13. The first-order valence-electron chi connectivity index (χ1n) is 6.82. The highest BCUT2D eigenvalue weighted by atomic mass is 16.5. The fraction of sp³-hybridized carbons (Fsp3) is 0.600. The summed E-state index contributed by atoms with van der Waals surface area (Å²) in [4.78, 5) is 2.11. The van der Waals surface area contributed by atoms with Gasteiger partial charge in [0.15, 0.2) is 0 Å². The maximum absolute atomic E-state index is 5.84. The molecule has 4 nitrogen and oxygen atoms in total. The average molecular weight is 266 g/mol. The molecule has 19 heavy (non-hydrogen) atoms.